The Morgan fingerprint density at radius 1 is 1.67 bits per heavy atom. The second kappa shape index (κ2) is 3.27. The van der Waals surface area contributed by atoms with E-state index in [1.807, 2.05) is 0 Å². The third-order valence-corrected chi connectivity index (χ3v) is 2.14. The molecule has 1 aliphatic rings. The highest BCUT2D eigenvalue weighted by Gasteiger charge is 2.49. The molecular formula is C7H14O5. The fourth-order valence-electron chi connectivity index (χ4n) is 1.27. The average Bonchev–Trinajstić information content (AvgIpc) is 2.30. The van der Waals surface area contributed by atoms with E-state index < -0.39 is 30.5 Å². The molecule has 1 rings (SSSR count). The minimum absolute atomic E-state index is 0.153. The van der Waals surface area contributed by atoms with Gasteiger partial charge in [0.05, 0.1) is 19.3 Å². The Labute approximate surface area is 70.2 Å². The summed E-state index contributed by atoms with van der Waals surface area (Å²) < 4.78 is 4.92. The van der Waals surface area contributed by atoms with Gasteiger partial charge in [-0.2, -0.15) is 0 Å². The highest BCUT2D eigenvalue weighted by molar-refractivity contribution is 4.98. The van der Waals surface area contributed by atoms with Crippen molar-refractivity contribution in [3.8, 4) is 0 Å². The summed E-state index contributed by atoms with van der Waals surface area (Å²) >= 11 is 0. The summed E-state index contributed by atoms with van der Waals surface area (Å²) in [6, 6.07) is 0. The maximum Gasteiger partial charge on any atom is 0.139 e. The lowest BCUT2D eigenvalue weighted by Gasteiger charge is -2.24. The summed E-state index contributed by atoms with van der Waals surface area (Å²) in [7, 11) is 0. The summed E-state index contributed by atoms with van der Waals surface area (Å²) in [6.07, 6.45) is -2.91. The fourth-order valence-corrected chi connectivity index (χ4v) is 1.27. The van der Waals surface area contributed by atoms with Crippen molar-refractivity contribution in [1.82, 2.24) is 0 Å². The van der Waals surface area contributed by atoms with E-state index in [2.05, 4.69) is 0 Å². The second-order valence-corrected chi connectivity index (χ2v) is 3.22. The van der Waals surface area contributed by atoms with Gasteiger partial charge >= 0.3 is 0 Å². The third kappa shape index (κ3) is 1.46. The molecule has 0 saturated carbocycles. The SMILES string of the molecule is C[C@@H](O)[C@H]1OC[C@](O)(CO)[C@H]1O. The van der Waals surface area contributed by atoms with Crippen LogP contribution in [-0.2, 0) is 4.74 Å². The van der Waals surface area contributed by atoms with E-state index >= 15 is 0 Å². The first-order valence-corrected chi connectivity index (χ1v) is 3.82. The van der Waals surface area contributed by atoms with E-state index in [1.165, 1.54) is 6.92 Å². The van der Waals surface area contributed by atoms with E-state index in [9.17, 15) is 10.2 Å². The van der Waals surface area contributed by atoms with Gasteiger partial charge < -0.3 is 25.2 Å². The molecule has 5 heteroatoms. The van der Waals surface area contributed by atoms with Gasteiger partial charge in [-0.1, -0.05) is 0 Å². The predicted octanol–water partition coefficient (Wildman–Crippen LogP) is -2.15. The molecule has 1 heterocycles. The Hall–Kier alpha value is -0.200. The van der Waals surface area contributed by atoms with Crippen molar-refractivity contribution in [2.75, 3.05) is 13.2 Å². The third-order valence-electron chi connectivity index (χ3n) is 2.14. The van der Waals surface area contributed by atoms with Gasteiger partial charge in [-0.25, -0.2) is 0 Å². The largest absolute Gasteiger partial charge is 0.393 e. The molecule has 0 aromatic rings. The van der Waals surface area contributed by atoms with Crippen LogP contribution < -0.4 is 0 Å². The van der Waals surface area contributed by atoms with Gasteiger partial charge in [-0.15, -0.1) is 0 Å². The lowest BCUT2D eigenvalue weighted by molar-refractivity contribution is -0.0907. The molecule has 0 radical (unpaired) electrons. The lowest BCUT2D eigenvalue weighted by atomic mass is 9.96. The van der Waals surface area contributed by atoms with Crippen LogP contribution in [-0.4, -0.2) is 57.6 Å². The quantitative estimate of drug-likeness (QED) is 0.387. The van der Waals surface area contributed by atoms with Gasteiger partial charge in [0, 0.05) is 0 Å². The standard InChI is InChI=1S/C7H14O5/c1-4(9)5-6(10)7(11,2-8)3-12-5/h4-6,8-11H,2-3H2,1H3/t4-,5-,6+,7-/m1/s1. The molecule has 0 unspecified atom stereocenters. The summed E-state index contributed by atoms with van der Waals surface area (Å²) in [4.78, 5) is 0. The summed E-state index contributed by atoms with van der Waals surface area (Å²) in [5, 5.41) is 36.6. The number of aliphatic hydroxyl groups is 4. The Morgan fingerprint density at radius 2 is 2.25 bits per heavy atom. The first-order chi connectivity index (χ1) is 5.51. The van der Waals surface area contributed by atoms with Crippen LogP contribution >= 0.6 is 0 Å². The van der Waals surface area contributed by atoms with Gasteiger partial charge in [0.1, 0.15) is 17.8 Å². The zero-order valence-electron chi connectivity index (χ0n) is 6.84. The van der Waals surface area contributed by atoms with E-state index in [-0.39, 0.29) is 6.61 Å². The molecule has 72 valence electrons. The minimum atomic E-state index is -1.62. The number of ether oxygens (including phenoxy) is 1. The number of rotatable bonds is 2. The van der Waals surface area contributed by atoms with Crippen molar-refractivity contribution in [2.45, 2.75) is 30.8 Å². The molecule has 0 aromatic heterocycles. The second-order valence-electron chi connectivity index (χ2n) is 3.22. The van der Waals surface area contributed by atoms with Crippen molar-refractivity contribution in [3.63, 3.8) is 0 Å². The lowest BCUT2D eigenvalue weighted by Crippen LogP contribution is -2.49. The number of hydrogen-bond acceptors (Lipinski definition) is 5. The fraction of sp³-hybridized carbons (Fsp3) is 1.00. The predicted molar refractivity (Wildman–Crippen MR) is 39.5 cm³/mol. The van der Waals surface area contributed by atoms with Crippen LogP contribution in [0.1, 0.15) is 6.92 Å². The molecule has 1 aliphatic heterocycles. The highest BCUT2D eigenvalue weighted by atomic mass is 16.5. The molecule has 1 saturated heterocycles. The summed E-state index contributed by atoms with van der Waals surface area (Å²) in [5.41, 5.74) is -1.62. The minimum Gasteiger partial charge on any atom is -0.393 e. The maximum atomic E-state index is 9.45. The average molecular weight is 178 g/mol. The van der Waals surface area contributed by atoms with Crippen molar-refractivity contribution in [3.05, 3.63) is 0 Å². The molecule has 0 amide bonds. The highest BCUT2D eigenvalue weighted by Crippen LogP contribution is 2.26. The molecule has 0 bridgehead atoms. The van der Waals surface area contributed by atoms with Crippen LogP contribution in [0, 0.1) is 0 Å². The Morgan fingerprint density at radius 3 is 2.50 bits per heavy atom. The Balaban J connectivity index is 2.66. The van der Waals surface area contributed by atoms with Gasteiger partial charge in [0.2, 0.25) is 0 Å². The molecule has 4 N–H and O–H groups in total. The molecular weight excluding hydrogens is 164 g/mol. The molecule has 0 aliphatic carbocycles. The molecule has 12 heavy (non-hydrogen) atoms. The maximum absolute atomic E-state index is 9.45. The summed E-state index contributed by atoms with van der Waals surface area (Å²) in [6.45, 7) is 0.731. The van der Waals surface area contributed by atoms with E-state index in [1.54, 1.807) is 0 Å². The monoisotopic (exact) mass is 178 g/mol. The summed E-state index contributed by atoms with van der Waals surface area (Å²) in [5.74, 6) is 0. The Bertz CT molecular complexity index is 160. The van der Waals surface area contributed by atoms with Gasteiger partial charge in [0.25, 0.3) is 0 Å². The van der Waals surface area contributed by atoms with Crippen LogP contribution in [0.15, 0.2) is 0 Å². The Kier molecular flexibility index (Phi) is 2.70. The van der Waals surface area contributed by atoms with Crippen molar-refractivity contribution in [2.24, 2.45) is 0 Å². The van der Waals surface area contributed by atoms with Crippen molar-refractivity contribution in [1.29, 1.82) is 0 Å². The number of hydrogen-bond donors (Lipinski definition) is 4. The molecule has 0 aromatic carbocycles. The smallest absolute Gasteiger partial charge is 0.139 e. The zero-order valence-corrected chi connectivity index (χ0v) is 6.84. The van der Waals surface area contributed by atoms with Crippen molar-refractivity contribution >= 4 is 0 Å². The normalized spacial score (nSPS) is 44.8. The van der Waals surface area contributed by atoms with Crippen LogP contribution in [0.2, 0.25) is 0 Å². The van der Waals surface area contributed by atoms with Gasteiger partial charge in [-0.05, 0) is 6.92 Å². The van der Waals surface area contributed by atoms with Crippen LogP contribution in [0.25, 0.3) is 0 Å². The molecule has 0 spiro atoms. The number of aliphatic hydroxyl groups excluding tert-OH is 3. The zero-order chi connectivity index (χ0) is 9.35. The molecule has 4 atom stereocenters. The van der Waals surface area contributed by atoms with Gasteiger partial charge in [-0.3, -0.25) is 0 Å². The van der Waals surface area contributed by atoms with E-state index in [0.29, 0.717) is 0 Å². The molecule has 1 fully saturated rings. The van der Waals surface area contributed by atoms with Gasteiger partial charge in [0.15, 0.2) is 0 Å². The van der Waals surface area contributed by atoms with Crippen molar-refractivity contribution < 1.29 is 25.2 Å². The van der Waals surface area contributed by atoms with Crippen LogP contribution in [0.5, 0.6) is 0 Å². The first-order valence-electron chi connectivity index (χ1n) is 3.82. The first kappa shape index (κ1) is 9.88. The van der Waals surface area contributed by atoms with E-state index in [4.69, 9.17) is 14.9 Å². The van der Waals surface area contributed by atoms with Crippen LogP contribution in [0.4, 0.5) is 0 Å². The van der Waals surface area contributed by atoms with Crippen LogP contribution in [0.3, 0.4) is 0 Å². The topological polar surface area (TPSA) is 90.2 Å². The molecule has 5 nitrogen and oxygen atoms in total. The van der Waals surface area contributed by atoms with E-state index in [0.717, 1.165) is 0 Å².